The Hall–Kier alpha value is -1.27. The van der Waals surface area contributed by atoms with E-state index in [1.165, 1.54) is 0 Å². The molecule has 4 unspecified atom stereocenters. The number of carboxylic acid groups (broad SMARTS) is 1. The molecule has 0 bridgehead atoms. The van der Waals surface area contributed by atoms with Crippen LogP contribution in [0.4, 0.5) is 13.2 Å². The van der Waals surface area contributed by atoms with E-state index in [1.54, 1.807) is 0 Å². The normalized spacial score (nSPS) is 31.8. The van der Waals surface area contributed by atoms with Gasteiger partial charge in [-0.3, -0.25) is 4.79 Å². The molecule has 1 aliphatic carbocycles. The molecule has 1 saturated heterocycles. The van der Waals surface area contributed by atoms with E-state index in [2.05, 4.69) is 0 Å². The Morgan fingerprint density at radius 3 is 2.40 bits per heavy atom. The third-order valence-electron chi connectivity index (χ3n) is 4.49. The van der Waals surface area contributed by atoms with Gasteiger partial charge < -0.3 is 10.0 Å². The van der Waals surface area contributed by atoms with Gasteiger partial charge in [0.1, 0.15) is 12.0 Å². The van der Waals surface area contributed by atoms with Gasteiger partial charge in [0.15, 0.2) is 0 Å². The quantitative estimate of drug-likeness (QED) is 0.850. The van der Waals surface area contributed by atoms with Gasteiger partial charge in [-0.2, -0.15) is 13.2 Å². The van der Waals surface area contributed by atoms with Crippen LogP contribution < -0.4 is 0 Å². The minimum Gasteiger partial charge on any atom is -0.480 e. The Bertz CT molecular complexity index is 410. The minimum atomic E-state index is -4.63. The summed E-state index contributed by atoms with van der Waals surface area (Å²) >= 11 is 0. The Balaban J connectivity index is 2.25. The molecule has 1 heterocycles. The van der Waals surface area contributed by atoms with Gasteiger partial charge in [-0.25, -0.2) is 4.79 Å². The highest BCUT2D eigenvalue weighted by Crippen LogP contribution is 2.41. The predicted molar refractivity (Wildman–Crippen MR) is 63.9 cm³/mol. The molecule has 114 valence electrons. The first-order valence-electron chi connectivity index (χ1n) is 6.85. The number of carbonyl (C=O) groups is 2. The molecule has 2 rings (SSSR count). The first-order valence-corrected chi connectivity index (χ1v) is 6.85. The lowest BCUT2D eigenvalue weighted by molar-refractivity contribution is -0.189. The van der Waals surface area contributed by atoms with E-state index in [0.29, 0.717) is 6.42 Å². The van der Waals surface area contributed by atoms with Crippen molar-refractivity contribution < 1.29 is 27.9 Å². The molecule has 0 radical (unpaired) electrons. The van der Waals surface area contributed by atoms with Crippen molar-refractivity contribution in [2.24, 2.45) is 11.8 Å². The number of fused-ring (bicyclic) bond motifs is 1. The number of halogens is 3. The van der Waals surface area contributed by atoms with Crippen LogP contribution in [0.15, 0.2) is 0 Å². The fraction of sp³-hybridized carbons (Fsp3) is 0.846. The Morgan fingerprint density at radius 1 is 1.25 bits per heavy atom. The average molecular weight is 293 g/mol. The second-order valence-corrected chi connectivity index (χ2v) is 5.71. The van der Waals surface area contributed by atoms with Gasteiger partial charge >= 0.3 is 12.1 Å². The Kier molecular flexibility index (Phi) is 3.97. The Morgan fingerprint density at radius 2 is 1.85 bits per heavy atom. The lowest BCUT2D eigenvalue weighted by Gasteiger charge is -2.34. The summed E-state index contributed by atoms with van der Waals surface area (Å²) in [5.41, 5.74) is 0. The maximum atomic E-state index is 12.7. The monoisotopic (exact) mass is 293 g/mol. The van der Waals surface area contributed by atoms with Crippen molar-refractivity contribution in [1.29, 1.82) is 0 Å². The van der Waals surface area contributed by atoms with Crippen LogP contribution in [-0.4, -0.2) is 40.1 Å². The zero-order valence-electron chi connectivity index (χ0n) is 11.2. The number of aliphatic carboxylic acids is 1. The smallest absolute Gasteiger partial charge is 0.400 e. The van der Waals surface area contributed by atoms with Crippen LogP contribution in [0, 0.1) is 11.8 Å². The van der Waals surface area contributed by atoms with Crippen LogP contribution in [-0.2, 0) is 9.59 Å². The minimum absolute atomic E-state index is 0.0224. The summed E-state index contributed by atoms with van der Waals surface area (Å²) < 4.78 is 38.1. The van der Waals surface area contributed by atoms with Crippen molar-refractivity contribution in [3.8, 4) is 0 Å². The number of hydrogen-bond acceptors (Lipinski definition) is 2. The molecule has 1 N–H and O–H groups in total. The Labute approximate surface area is 114 Å². The average Bonchev–Trinajstić information content (AvgIpc) is 2.75. The van der Waals surface area contributed by atoms with Gasteiger partial charge in [0.05, 0.1) is 0 Å². The summed E-state index contributed by atoms with van der Waals surface area (Å²) in [6, 6.07) is -1.46. The van der Waals surface area contributed by atoms with Gasteiger partial charge in [-0.05, 0) is 32.1 Å². The van der Waals surface area contributed by atoms with Crippen molar-refractivity contribution in [3.63, 3.8) is 0 Å². The second kappa shape index (κ2) is 5.26. The molecular formula is C13H18F3NO3. The van der Waals surface area contributed by atoms with Crippen molar-refractivity contribution in [2.75, 3.05) is 0 Å². The first-order chi connectivity index (χ1) is 9.23. The fourth-order valence-electron chi connectivity index (χ4n) is 3.36. The largest absolute Gasteiger partial charge is 0.480 e. The highest BCUT2D eigenvalue weighted by molar-refractivity contribution is 5.86. The molecular weight excluding hydrogens is 275 g/mol. The van der Waals surface area contributed by atoms with E-state index in [9.17, 15) is 27.9 Å². The van der Waals surface area contributed by atoms with Crippen LogP contribution >= 0.6 is 0 Å². The number of rotatable bonds is 2. The second-order valence-electron chi connectivity index (χ2n) is 5.71. The van der Waals surface area contributed by atoms with Crippen LogP contribution in [0.5, 0.6) is 0 Å². The van der Waals surface area contributed by atoms with Crippen molar-refractivity contribution >= 4 is 11.9 Å². The summed E-state index contributed by atoms with van der Waals surface area (Å²) in [4.78, 5) is 24.4. The zero-order chi connectivity index (χ0) is 15.1. The maximum Gasteiger partial charge on any atom is 0.400 e. The molecule has 4 atom stereocenters. The van der Waals surface area contributed by atoms with E-state index in [1.807, 2.05) is 0 Å². The van der Waals surface area contributed by atoms with E-state index in [4.69, 9.17) is 0 Å². The standard InChI is InChI=1S/C13H18F3NO3/c1-7(13(14,15)16)11(18)17-9-5-3-2-4-8(9)6-10(17)12(19)20/h7-10H,2-6H2,1H3,(H,19,20). The maximum absolute atomic E-state index is 12.7. The summed E-state index contributed by atoms with van der Waals surface area (Å²) in [5.74, 6) is -4.43. The van der Waals surface area contributed by atoms with E-state index >= 15 is 0 Å². The van der Waals surface area contributed by atoms with E-state index in [-0.39, 0.29) is 18.4 Å². The third-order valence-corrected chi connectivity index (χ3v) is 4.49. The number of likely N-dealkylation sites (tertiary alicyclic amines) is 1. The molecule has 2 aliphatic rings. The van der Waals surface area contributed by atoms with Gasteiger partial charge in [0, 0.05) is 6.04 Å². The lowest BCUT2D eigenvalue weighted by Crippen LogP contribution is -2.50. The molecule has 0 spiro atoms. The number of carboxylic acids is 1. The number of amides is 1. The van der Waals surface area contributed by atoms with Crippen molar-refractivity contribution in [1.82, 2.24) is 4.90 Å². The summed E-state index contributed by atoms with van der Waals surface area (Å²) in [6.45, 7) is 0.803. The number of nitrogens with zero attached hydrogens (tertiary/aromatic N) is 1. The van der Waals surface area contributed by atoms with E-state index < -0.39 is 30.0 Å². The third kappa shape index (κ3) is 2.62. The van der Waals surface area contributed by atoms with Crippen LogP contribution in [0.25, 0.3) is 0 Å². The van der Waals surface area contributed by atoms with Crippen LogP contribution in [0.2, 0.25) is 0 Å². The SMILES string of the molecule is CC(C(=O)N1C(C(=O)O)CC2CCCCC21)C(F)(F)F. The van der Waals surface area contributed by atoms with Gasteiger partial charge in [-0.1, -0.05) is 12.8 Å². The topological polar surface area (TPSA) is 57.6 Å². The fourth-order valence-corrected chi connectivity index (χ4v) is 3.36. The molecule has 7 heteroatoms. The molecule has 4 nitrogen and oxygen atoms in total. The molecule has 0 aromatic rings. The molecule has 1 aliphatic heterocycles. The van der Waals surface area contributed by atoms with E-state index in [0.717, 1.165) is 31.1 Å². The molecule has 1 amide bonds. The number of alkyl halides is 3. The summed E-state index contributed by atoms with van der Waals surface area (Å²) in [5, 5.41) is 9.19. The molecule has 2 fully saturated rings. The van der Waals surface area contributed by atoms with Crippen LogP contribution in [0.3, 0.4) is 0 Å². The van der Waals surface area contributed by atoms with Crippen LogP contribution in [0.1, 0.15) is 39.0 Å². The highest BCUT2D eigenvalue weighted by Gasteiger charge is 2.52. The molecule has 20 heavy (non-hydrogen) atoms. The lowest BCUT2D eigenvalue weighted by atomic mass is 9.84. The van der Waals surface area contributed by atoms with Crippen molar-refractivity contribution in [3.05, 3.63) is 0 Å². The summed E-state index contributed by atoms with van der Waals surface area (Å²) in [6.07, 6.45) is -1.19. The zero-order valence-corrected chi connectivity index (χ0v) is 11.2. The molecule has 1 saturated carbocycles. The molecule has 0 aromatic heterocycles. The van der Waals surface area contributed by atoms with Crippen molar-refractivity contribution in [2.45, 2.75) is 57.3 Å². The van der Waals surface area contributed by atoms with Gasteiger partial charge in [0.25, 0.3) is 0 Å². The van der Waals surface area contributed by atoms with Gasteiger partial charge in [-0.15, -0.1) is 0 Å². The highest BCUT2D eigenvalue weighted by atomic mass is 19.4. The number of carbonyl (C=O) groups excluding carboxylic acids is 1. The number of hydrogen-bond donors (Lipinski definition) is 1. The predicted octanol–water partition coefficient (Wildman–Crippen LogP) is 2.43. The van der Waals surface area contributed by atoms with Gasteiger partial charge in [0.2, 0.25) is 5.91 Å². The first kappa shape index (κ1) is 15.1. The summed E-state index contributed by atoms with van der Waals surface area (Å²) in [7, 11) is 0. The molecule has 0 aromatic carbocycles.